The number of aliphatic hydroxyl groups is 1. The number of hydrogen-bond acceptors (Lipinski definition) is 7. The van der Waals surface area contributed by atoms with Gasteiger partial charge in [0.05, 0.1) is 12.3 Å². The Morgan fingerprint density at radius 2 is 2.03 bits per heavy atom. The van der Waals surface area contributed by atoms with Crippen molar-refractivity contribution >= 4 is 11.8 Å². The molecule has 3 rings (SSSR count). The molecule has 0 aliphatic heterocycles. The first-order valence-electron chi connectivity index (χ1n) is 10.4. The molecule has 0 radical (unpaired) electrons. The molecule has 1 heterocycles. The molecule has 0 saturated heterocycles. The number of nitrogens with zero attached hydrogens (tertiary/aromatic N) is 3. The number of ether oxygens (including phenoxy) is 1. The van der Waals surface area contributed by atoms with Crippen molar-refractivity contribution in [2.24, 2.45) is 5.41 Å². The van der Waals surface area contributed by atoms with Crippen molar-refractivity contribution in [2.45, 2.75) is 58.0 Å². The highest BCUT2D eigenvalue weighted by atomic mass is 19.4. The molecule has 1 saturated carbocycles. The molecule has 32 heavy (non-hydrogen) atoms. The zero-order chi connectivity index (χ0) is 23.4. The molecule has 10 heteroatoms. The molecule has 0 amide bonds. The highest BCUT2D eigenvalue weighted by Gasteiger charge is 2.36. The van der Waals surface area contributed by atoms with Crippen LogP contribution in [-0.4, -0.2) is 40.1 Å². The van der Waals surface area contributed by atoms with Crippen molar-refractivity contribution in [3.8, 4) is 11.8 Å². The van der Waals surface area contributed by atoms with Crippen LogP contribution in [0.4, 0.5) is 24.9 Å². The van der Waals surface area contributed by atoms with Gasteiger partial charge in [-0.1, -0.05) is 32.0 Å². The van der Waals surface area contributed by atoms with Gasteiger partial charge in [0.2, 0.25) is 5.95 Å². The fourth-order valence-corrected chi connectivity index (χ4v) is 3.84. The fraction of sp³-hybridized carbons (Fsp3) is 0.500. The fourth-order valence-electron chi connectivity index (χ4n) is 3.84. The minimum atomic E-state index is -4.76. The van der Waals surface area contributed by atoms with Gasteiger partial charge in [0.25, 0.3) is 0 Å². The molecule has 3 N–H and O–H groups in total. The third-order valence-corrected chi connectivity index (χ3v) is 5.59. The van der Waals surface area contributed by atoms with Crippen LogP contribution in [0.15, 0.2) is 30.5 Å². The maximum atomic E-state index is 12.6. The van der Waals surface area contributed by atoms with Crippen molar-refractivity contribution < 1.29 is 23.0 Å². The summed E-state index contributed by atoms with van der Waals surface area (Å²) in [5.41, 5.74) is 0.443. The number of aliphatic hydroxyl groups excluding tert-OH is 1. The molecule has 1 unspecified atom stereocenters. The summed E-state index contributed by atoms with van der Waals surface area (Å²) in [5.74, 6) is 0.408. The highest BCUT2D eigenvalue weighted by molar-refractivity contribution is 5.54. The largest absolute Gasteiger partial charge is 0.573 e. The summed E-state index contributed by atoms with van der Waals surface area (Å²) in [7, 11) is 0. The number of rotatable bonds is 7. The molecule has 1 aliphatic carbocycles. The Bertz CT molecular complexity index is 975. The van der Waals surface area contributed by atoms with Gasteiger partial charge in [0.1, 0.15) is 23.2 Å². The summed E-state index contributed by atoms with van der Waals surface area (Å²) in [6.45, 7) is 4.28. The molecule has 0 spiro atoms. The summed E-state index contributed by atoms with van der Waals surface area (Å²) < 4.78 is 41.8. The first kappa shape index (κ1) is 23.6. The van der Waals surface area contributed by atoms with Crippen molar-refractivity contribution in [3.05, 3.63) is 41.6 Å². The number of nitriles is 1. The molecule has 1 aromatic carbocycles. The van der Waals surface area contributed by atoms with E-state index in [1.807, 2.05) is 13.8 Å². The topological polar surface area (TPSA) is 103 Å². The number of aromatic nitrogens is 2. The van der Waals surface area contributed by atoms with Gasteiger partial charge < -0.3 is 20.5 Å². The zero-order valence-electron chi connectivity index (χ0n) is 17.9. The minimum absolute atomic E-state index is 0.0506. The zero-order valence-corrected chi connectivity index (χ0v) is 17.9. The Hall–Kier alpha value is -3.06. The second-order valence-corrected chi connectivity index (χ2v) is 8.53. The molecular weight excluding hydrogens is 423 g/mol. The van der Waals surface area contributed by atoms with E-state index in [0.717, 1.165) is 12.8 Å². The van der Waals surface area contributed by atoms with Gasteiger partial charge in [-0.2, -0.15) is 10.2 Å². The number of halogens is 3. The van der Waals surface area contributed by atoms with Gasteiger partial charge >= 0.3 is 6.36 Å². The van der Waals surface area contributed by atoms with E-state index in [4.69, 9.17) is 0 Å². The maximum Gasteiger partial charge on any atom is 0.573 e. The van der Waals surface area contributed by atoms with E-state index in [0.29, 0.717) is 23.4 Å². The number of benzene rings is 1. The van der Waals surface area contributed by atoms with E-state index in [1.165, 1.54) is 18.3 Å². The lowest BCUT2D eigenvalue weighted by Gasteiger charge is -2.40. The third kappa shape index (κ3) is 6.23. The van der Waals surface area contributed by atoms with Gasteiger partial charge in [-0.3, -0.25) is 0 Å². The van der Waals surface area contributed by atoms with Crippen LogP contribution in [0.2, 0.25) is 0 Å². The van der Waals surface area contributed by atoms with Crippen LogP contribution in [0.3, 0.4) is 0 Å². The van der Waals surface area contributed by atoms with Gasteiger partial charge in [-0.25, -0.2) is 4.98 Å². The van der Waals surface area contributed by atoms with Gasteiger partial charge in [-0.15, -0.1) is 13.2 Å². The maximum absolute atomic E-state index is 12.6. The summed E-state index contributed by atoms with van der Waals surface area (Å²) in [6.07, 6.45) is -1.34. The predicted octanol–water partition coefficient (Wildman–Crippen LogP) is 4.25. The second kappa shape index (κ2) is 9.61. The quantitative estimate of drug-likeness (QED) is 0.581. The summed E-state index contributed by atoms with van der Waals surface area (Å²) in [6, 6.07) is 8.07. The number of para-hydroxylation sites is 1. The van der Waals surface area contributed by atoms with E-state index in [1.54, 1.807) is 12.1 Å². The second-order valence-electron chi connectivity index (χ2n) is 8.53. The van der Waals surface area contributed by atoms with Gasteiger partial charge in [0.15, 0.2) is 0 Å². The van der Waals surface area contributed by atoms with E-state index in [-0.39, 0.29) is 42.2 Å². The Labute approximate surface area is 184 Å². The standard InChI is InChI=1S/C22H26F3N5O2/c1-21(2)11-16(7-8-18(21)31)29-19-15(12-26)13-28-20(30-19)27-10-9-14-5-3-4-6-17(14)32-22(23,24)25/h3-6,13,16,18,31H,7-11H2,1-2H3,(H2,27,28,29,30)/t16-,18?/m1/s1. The average Bonchev–Trinajstić information content (AvgIpc) is 2.71. The Morgan fingerprint density at radius 1 is 1.28 bits per heavy atom. The van der Waals surface area contributed by atoms with E-state index >= 15 is 0 Å². The minimum Gasteiger partial charge on any atom is -0.406 e. The van der Waals surface area contributed by atoms with Crippen molar-refractivity contribution in [1.29, 1.82) is 5.26 Å². The SMILES string of the molecule is CC1(C)C[C@H](Nc2nc(NCCc3ccccc3OC(F)(F)F)ncc2C#N)CCC1O. The lowest BCUT2D eigenvalue weighted by atomic mass is 9.73. The first-order valence-corrected chi connectivity index (χ1v) is 10.4. The molecule has 172 valence electrons. The van der Waals surface area contributed by atoms with E-state index in [2.05, 4.69) is 31.4 Å². The van der Waals surface area contributed by atoms with Gasteiger partial charge in [0, 0.05) is 12.6 Å². The van der Waals surface area contributed by atoms with Gasteiger partial charge in [-0.05, 0) is 42.7 Å². The molecule has 1 fully saturated rings. The summed E-state index contributed by atoms with van der Waals surface area (Å²) >= 11 is 0. The summed E-state index contributed by atoms with van der Waals surface area (Å²) in [4.78, 5) is 8.51. The van der Waals surface area contributed by atoms with Crippen LogP contribution in [-0.2, 0) is 6.42 Å². The van der Waals surface area contributed by atoms with Crippen molar-refractivity contribution in [2.75, 3.05) is 17.2 Å². The molecule has 7 nitrogen and oxygen atoms in total. The van der Waals surface area contributed by atoms with E-state index < -0.39 is 6.36 Å². The predicted molar refractivity (Wildman–Crippen MR) is 113 cm³/mol. The number of alkyl halides is 3. The average molecular weight is 449 g/mol. The monoisotopic (exact) mass is 449 g/mol. The Kier molecular flexibility index (Phi) is 7.09. The lowest BCUT2D eigenvalue weighted by molar-refractivity contribution is -0.274. The molecule has 1 aliphatic rings. The lowest BCUT2D eigenvalue weighted by Crippen LogP contribution is -2.41. The number of anilines is 2. The van der Waals surface area contributed by atoms with Crippen molar-refractivity contribution in [1.82, 2.24) is 9.97 Å². The smallest absolute Gasteiger partial charge is 0.406 e. The van der Waals surface area contributed by atoms with E-state index in [9.17, 15) is 23.5 Å². The highest BCUT2D eigenvalue weighted by Crippen LogP contribution is 2.37. The van der Waals surface area contributed by atoms with Crippen LogP contribution in [0.1, 0.15) is 44.2 Å². The number of nitrogens with one attached hydrogen (secondary N) is 2. The Balaban J connectivity index is 1.65. The summed E-state index contributed by atoms with van der Waals surface area (Å²) in [5, 5.41) is 25.8. The van der Waals surface area contributed by atoms with Crippen LogP contribution in [0.5, 0.6) is 5.75 Å². The van der Waals surface area contributed by atoms with Crippen molar-refractivity contribution in [3.63, 3.8) is 0 Å². The van der Waals surface area contributed by atoms with Crippen LogP contribution >= 0.6 is 0 Å². The first-order chi connectivity index (χ1) is 15.1. The molecule has 0 bridgehead atoms. The third-order valence-electron chi connectivity index (χ3n) is 5.59. The Morgan fingerprint density at radius 3 is 2.72 bits per heavy atom. The molecule has 1 aromatic heterocycles. The van der Waals surface area contributed by atoms with Crippen LogP contribution in [0, 0.1) is 16.7 Å². The van der Waals surface area contributed by atoms with Crippen LogP contribution < -0.4 is 15.4 Å². The molecule has 2 aromatic rings. The normalized spacial score (nSPS) is 20.3. The molecular formula is C22H26F3N5O2. The molecule has 2 atom stereocenters. The van der Waals surface area contributed by atoms with Crippen LogP contribution in [0.25, 0.3) is 0 Å². The number of hydrogen-bond donors (Lipinski definition) is 3.